The van der Waals surface area contributed by atoms with Crippen molar-refractivity contribution < 1.29 is 14.2 Å². The maximum absolute atomic E-state index is 9.10. The lowest BCUT2D eigenvalue weighted by atomic mass is 10.0. The standard InChI is InChI=1S/C11H23O3P/c1-13-8-4-3-5-10-6-7-11(9-10)14-15(2)12/h10-12,15H,2-9H2,1H3. The second-order valence-electron chi connectivity index (χ2n) is 4.30. The van der Waals surface area contributed by atoms with Crippen molar-refractivity contribution in [2.75, 3.05) is 13.7 Å². The summed E-state index contributed by atoms with van der Waals surface area (Å²) in [5.74, 6) is 0.785. The van der Waals surface area contributed by atoms with Gasteiger partial charge in [0, 0.05) is 13.7 Å². The van der Waals surface area contributed by atoms with Crippen LogP contribution in [0, 0.1) is 5.92 Å². The molecule has 0 aliphatic heterocycles. The molecule has 3 atom stereocenters. The molecule has 0 bridgehead atoms. The van der Waals surface area contributed by atoms with Gasteiger partial charge in [0.15, 0.2) is 0 Å². The van der Waals surface area contributed by atoms with Crippen LogP contribution in [-0.2, 0) is 9.26 Å². The third-order valence-electron chi connectivity index (χ3n) is 3.01. The van der Waals surface area contributed by atoms with Gasteiger partial charge in [0.05, 0.1) is 6.10 Å². The molecule has 0 amide bonds. The molecule has 1 N–H and O–H groups in total. The van der Waals surface area contributed by atoms with E-state index in [9.17, 15) is 0 Å². The van der Waals surface area contributed by atoms with E-state index < -0.39 is 8.00 Å². The third-order valence-corrected chi connectivity index (χ3v) is 3.61. The molecule has 0 spiro atoms. The van der Waals surface area contributed by atoms with Gasteiger partial charge in [-0.3, -0.25) is 0 Å². The van der Waals surface area contributed by atoms with E-state index in [0.717, 1.165) is 31.8 Å². The summed E-state index contributed by atoms with van der Waals surface area (Å²) in [5, 5.41) is 0. The molecule has 1 fully saturated rings. The van der Waals surface area contributed by atoms with Crippen LogP contribution in [0.4, 0.5) is 0 Å². The highest BCUT2D eigenvalue weighted by Crippen LogP contribution is 2.35. The lowest BCUT2D eigenvalue weighted by Crippen LogP contribution is -2.04. The van der Waals surface area contributed by atoms with E-state index in [-0.39, 0.29) is 6.10 Å². The normalized spacial score (nSPS) is 28.1. The fraction of sp³-hybridized carbons (Fsp3) is 0.909. The van der Waals surface area contributed by atoms with Crippen LogP contribution < -0.4 is 0 Å². The molecule has 0 heterocycles. The van der Waals surface area contributed by atoms with E-state index in [4.69, 9.17) is 14.2 Å². The Morgan fingerprint density at radius 1 is 1.40 bits per heavy atom. The van der Waals surface area contributed by atoms with Gasteiger partial charge in [-0.15, -0.1) is 0 Å². The summed E-state index contributed by atoms with van der Waals surface area (Å²) in [7, 11) is 0.00923. The average Bonchev–Trinajstić information content (AvgIpc) is 2.59. The van der Waals surface area contributed by atoms with Gasteiger partial charge in [-0.05, 0) is 31.6 Å². The summed E-state index contributed by atoms with van der Waals surface area (Å²) < 4.78 is 10.4. The highest BCUT2D eigenvalue weighted by Gasteiger charge is 2.24. The molecular formula is C11H23O3P. The minimum atomic E-state index is -1.74. The Morgan fingerprint density at radius 2 is 2.20 bits per heavy atom. The van der Waals surface area contributed by atoms with Crippen molar-refractivity contribution in [3.63, 3.8) is 0 Å². The first-order chi connectivity index (χ1) is 7.22. The maximum atomic E-state index is 9.10. The SMILES string of the molecule is C=[PH](O)OC1CCC(CCCCOC)C1. The quantitative estimate of drug-likeness (QED) is 0.543. The largest absolute Gasteiger partial charge is 0.385 e. The molecule has 1 aliphatic rings. The van der Waals surface area contributed by atoms with Gasteiger partial charge >= 0.3 is 0 Å². The fourth-order valence-corrected chi connectivity index (χ4v) is 2.87. The van der Waals surface area contributed by atoms with Gasteiger partial charge in [-0.25, -0.2) is 0 Å². The zero-order chi connectivity index (χ0) is 11.1. The van der Waals surface area contributed by atoms with E-state index in [2.05, 4.69) is 6.30 Å². The Bertz CT molecular complexity index is 196. The average molecular weight is 234 g/mol. The molecule has 90 valence electrons. The molecular weight excluding hydrogens is 211 g/mol. The zero-order valence-electron chi connectivity index (χ0n) is 9.58. The van der Waals surface area contributed by atoms with E-state index in [0.29, 0.717) is 0 Å². The van der Waals surface area contributed by atoms with Gasteiger partial charge in [-0.2, -0.15) is 0 Å². The molecule has 15 heavy (non-hydrogen) atoms. The van der Waals surface area contributed by atoms with Crippen molar-refractivity contribution >= 4 is 14.3 Å². The van der Waals surface area contributed by atoms with Gasteiger partial charge in [0.2, 0.25) is 0 Å². The minimum Gasteiger partial charge on any atom is -0.385 e. The zero-order valence-corrected chi connectivity index (χ0v) is 10.6. The van der Waals surface area contributed by atoms with Crippen molar-refractivity contribution in [2.24, 2.45) is 5.92 Å². The fourth-order valence-electron chi connectivity index (χ4n) is 2.27. The molecule has 4 heteroatoms. The Hall–Kier alpha value is 0.180. The Kier molecular flexibility index (Phi) is 6.58. The van der Waals surface area contributed by atoms with Crippen molar-refractivity contribution in [1.82, 2.24) is 0 Å². The summed E-state index contributed by atoms with van der Waals surface area (Å²) in [6.45, 7) is 0.870. The molecule has 0 aromatic rings. The van der Waals surface area contributed by atoms with Crippen molar-refractivity contribution in [1.29, 1.82) is 0 Å². The lowest BCUT2D eigenvalue weighted by molar-refractivity contribution is 0.188. The molecule has 0 aromatic heterocycles. The highest BCUT2D eigenvalue weighted by atomic mass is 31.1. The Morgan fingerprint density at radius 3 is 2.87 bits per heavy atom. The number of hydrogen-bond donors (Lipinski definition) is 1. The molecule has 1 aliphatic carbocycles. The van der Waals surface area contributed by atoms with Crippen molar-refractivity contribution in [3.8, 4) is 0 Å². The summed E-state index contributed by atoms with van der Waals surface area (Å²) in [6.07, 6.45) is 10.9. The second kappa shape index (κ2) is 7.45. The first-order valence-electron chi connectivity index (χ1n) is 5.76. The number of methoxy groups -OCH3 is 1. The molecule has 0 radical (unpaired) electrons. The van der Waals surface area contributed by atoms with E-state index in [1.54, 1.807) is 7.11 Å². The number of unbranched alkanes of at least 4 members (excludes halogenated alkanes) is 1. The van der Waals surface area contributed by atoms with Crippen molar-refractivity contribution in [2.45, 2.75) is 44.6 Å². The van der Waals surface area contributed by atoms with Crippen LogP contribution in [0.3, 0.4) is 0 Å². The van der Waals surface area contributed by atoms with Crippen LogP contribution in [0.5, 0.6) is 0 Å². The third kappa shape index (κ3) is 5.72. The monoisotopic (exact) mass is 234 g/mol. The molecule has 3 unspecified atom stereocenters. The number of hydrogen-bond acceptors (Lipinski definition) is 3. The van der Waals surface area contributed by atoms with Gasteiger partial charge in [0.25, 0.3) is 0 Å². The summed E-state index contributed by atoms with van der Waals surface area (Å²) in [4.78, 5) is 9.10. The summed E-state index contributed by atoms with van der Waals surface area (Å²) >= 11 is 0. The highest BCUT2D eigenvalue weighted by molar-refractivity contribution is 7.44. The lowest BCUT2D eigenvalue weighted by Gasteiger charge is -2.12. The summed E-state index contributed by atoms with van der Waals surface area (Å²) in [6, 6.07) is 0. The van der Waals surface area contributed by atoms with E-state index >= 15 is 0 Å². The van der Waals surface area contributed by atoms with Gasteiger partial charge < -0.3 is 14.2 Å². The smallest absolute Gasteiger partial charge is 0.102 e. The van der Waals surface area contributed by atoms with Crippen molar-refractivity contribution in [3.05, 3.63) is 0 Å². The number of rotatable bonds is 7. The molecule has 0 saturated heterocycles. The van der Waals surface area contributed by atoms with Crippen LogP contribution >= 0.6 is 8.00 Å². The van der Waals surface area contributed by atoms with Crippen LogP contribution in [-0.4, -0.2) is 31.0 Å². The van der Waals surface area contributed by atoms with Crippen LogP contribution in [0.15, 0.2) is 0 Å². The predicted molar refractivity (Wildman–Crippen MR) is 65.6 cm³/mol. The van der Waals surface area contributed by atoms with E-state index in [1.165, 1.54) is 19.3 Å². The predicted octanol–water partition coefficient (Wildman–Crippen LogP) is 2.46. The Labute approximate surface area is 93.3 Å². The Balaban J connectivity index is 2.05. The van der Waals surface area contributed by atoms with Crippen LogP contribution in [0.2, 0.25) is 0 Å². The van der Waals surface area contributed by atoms with Gasteiger partial charge in [0.1, 0.15) is 8.00 Å². The maximum Gasteiger partial charge on any atom is 0.102 e. The molecule has 1 rings (SSSR count). The molecule has 0 aromatic carbocycles. The van der Waals surface area contributed by atoms with Gasteiger partial charge in [-0.1, -0.05) is 19.1 Å². The summed E-state index contributed by atoms with van der Waals surface area (Å²) in [5.41, 5.74) is 0. The molecule has 3 nitrogen and oxygen atoms in total. The first kappa shape index (κ1) is 13.2. The second-order valence-corrected chi connectivity index (χ2v) is 5.32. The number of ether oxygens (including phenoxy) is 1. The first-order valence-corrected chi connectivity index (χ1v) is 7.32. The van der Waals surface area contributed by atoms with E-state index in [1.807, 2.05) is 0 Å². The van der Waals surface area contributed by atoms with Crippen LogP contribution in [0.25, 0.3) is 0 Å². The molecule has 1 saturated carbocycles. The van der Waals surface area contributed by atoms with Crippen LogP contribution in [0.1, 0.15) is 38.5 Å². The minimum absolute atomic E-state index is 0.272. The topological polar surface area (TPSA) is 38.7 Å².